The molecule has 0 bridgehead atoms. The normalized spacial score (nSPS) is 27.4. The Morgan fingerprint density at radius 2 is 2.00 bits per heavy atom. The molecule has 3 N–H and O–H groups in total. The van der Waals surface area contributed by atoms with Gasteiger partial charge in [-0.3, -0.25) is 4.79 Å². The van der Waals surface area contributed by atoms with E-state index in [-0.39, 0.29) is 5.78 Å². The van der Waals surface area contributed by atoms with Crippen LogP contribution in [0, 0.1) is 0 Å². The second kappa shape index (κ2) is 6.32. The van der Waals surface area contributed by atoms with Gasteiger partial charge in [-0.15, -0.1) is 0 Å². The van der Waals surface area contributed by atoms with E-state index in [1.807, 2.05) is 13.8 Å². The van der Waals surface area contributed by atoms with Crippen molar-refractivity contribution in [2.75, 3.05) is 0 Å². The standard InChI is InChI=1S/C12H14ClNO2.C2H6/c13-9-5-2-1-4-8(9)12(14)7-3-6-10(15)11(12)16;1-2/h1-2,4-5,10,15H,3,6-7,14H2;1-2H3/t10-,12+;/m0./s1. The van der Waals surface area contributed by atoms with Crippen molar-refractivity contribution >= 4 is 17.4 Å². The van der Waals surface area contributed by atoms with E-state index in [4.69, 9.17) is 17.3 Å². The van der Waals surface area contributed by atoms with Crippen molar-refractivity contribution in [1.82, 2.24) is 0 Å². The lowest BCUT2D eigenvalue weighted by Crippen LogP contribution is -2.52. The number of aliphatic hydroxyl groups excluding tert-OH is 1. The van der Waals surface area contributed by atoms with Gasteiger partial charge in [-0.05, 0) is 30.9 Å². The van der Waals surface area contributed by atoms with Crippen LogP contribution in [0.5, 0.6) is 0 Å². The van der Waals surface area contributed by atoms with E-state index in [9.17, 15) is 9.90 Å². The van der Waals surface area contributed by atoms with Gasteiger partial charge in [-0.2, -0.15) is 0 Å². The zero-order valence-corrected chi connectivity index (χ0v) is 11.6. The highest BCUT2D eigenvalue weighted by Crippen LogP contribution is 2.35. The summed E-state index contributed by atoms with van der Waals surface area (Å²) in [6.45, 7) is 4.00. The predicted octanol–water partition coefficient (Wildman–Crippen LogP) is 2.63. The minimum absolute atomic E-state index is 0.327. The van der Waals surface area contributed by atoms with Crippen LogP contribution in [0.1, 0.15) is 38.7 Å². The highest BCUT2D eigenvalue weighted by Gasteiger charge is 2.43. The average Bonchev–Trinajstić information content (AvgIpc) is 2.39. The molecule has 1 aliphatic carbocycles. The van der Waals surface area contributed by atoms with Crippen LogP contribution in [0.2, 0.25) is 5.02 Å². The van der Waals surface area contributed by atoms with Gasteiger partial charge in [0.2, 0.25) is 0 Å². The lowest BCUT2D eigenvalue weighted by atomic mass is 9.75. The molecular weight excluding hydrogens is 250 g/mol. The first-order valence-corrected chi connectivity index (χ1v) is 6.70. The molecule has 0 aromatic heterocycles. The number of hydrogen-bond donors (Lipinski definition) is 2. The molecule has 0 aliphatic heterocycles. The van der Waals surface area contributed by atoms with Crippen molar-refractivity contribution in [3.05, 3.63) is 34.9 Å². The number of carbonyl (C=O) groups is 1. The van der Waals surface area contributed by atoms with E-state index in [0.29, 0.717) is 23.4 Å². The lowest BCUT2D eigenvalue weighted by molar-refractivity contribution is -0.136. The highest BCUT2D eigenvalue weighted by atomic mass is 35.5. The first kappa shape index (κ1) is 15.2. The van der Waals surface area contributed by atoms with Crippen LogP contribution < -0.4 is 5.73 Å². The Morgan fingerprint density at radius 3 is 2.61 bits per heavy atom. The molecule has 1 saturated carbocycles. The van der Waals surface area contributed by atoms with Crippen molar-refractivity contribution in [2.45, 2.75) is 44.8 Å². The van der Waals surface area contributed by atoms with Crippen LogP contribution in [0.25, 0.3) is 0 Å². The Bertz CT molecular complexity index is 422. The van der Waals surface area contributed by atoms with Crippen molar-refractivity contribution in [2.24, 2.45) is 5.73 Å². The molecule has 1 aromatic rings. The van der Waals surface area contributed by atoms with Crippen molar-refractivity contribution in [1.29, 1.82) is 0 Å². The molecule has 0 heterocycles. The summed E-state index contributed by atoms with van der Waals surface area (Å²) in [6, 6.07) is 7.04. The number of halogens is 1. The second-order valence-corrected chi connectivity index (χ2v) is 4.63. The molecule has 0 unspecified atom stereocenters. The number of rotatable bonds is 1. The molecule has 0 radical (unpaired) electrons. The maximum Gasteiger partial charge on any atom is 0.185 e. The number of carbonyl (C=O) groups excluding carboxylic acids is 1. The summed E-state index contributed by atoms with van der Waals surface area (Å²) in [5.41, 5.74) is 5.60. The molecule has 3 nitrogen and oxygen atoms in total. The number of benzene rings is 1. The molecule has 18 heavy (non-hydrogen) atoms. The Morgan fingerprint density at radius 1 is 1.39 bits per heavy atom. The average molecular weight is 270 g/mol. The van der Waals surface area contributed by atoms with Crippen LogP contribution in [0.3, 0.4) is 0 Å². The molecular formula is C14H20ClNO2. The molecule has 2 atom stereocenters. The van der Waals surface area contributed by atoms with Crippen LogP contribution in [-0.2, 0) is 10.3 Å². The van der Waals surface area contributed by atoms with Gasteiger partial charge in [0.15, 0.2) is 5.78 Å². The van der Waals surface area contributed by atoms with Gasteiger partial charge in [0, 0.05) is 5.02 Å². The number of Topliss-reactive ketones (excluding diaryl/α,β-unsaturated/α-hetero) is 1. The number of aliphatic hydroxyl groups is 1. The summed E-state index contributed by atoms with van der Waals surface area (Å²) >= 11 is 6.05. The quantitative estimate of drug-likeness (QED) is 0.824. The molecule has 0 saturated heterocycles. The van der Waals surface area contributed by atoms with Crippen molar-refractivity contribution in [3.8, 4) is 0 Å². The Kier molecular flexibility index (Phi) is 5.32. The fraction of sp³-hybridized carbons (Fsp3) is 0.500. The summed E-state index contributed by atoms with van der Waals surface area (Å²) in [4.78, 5) is 12.0. The van der Waals surface area contributed by atoms with Gasteiger partial charge in [-0.1, -0.05) is 43.6 Å². The molecule has 2 rings (SSSR count). The Hall–Kier alpha value is -0.900. The molecule has 0 spiro atoms. The topological polar surface area (TPSA) is 63.3 Å². The van der Waals surface area contributed by atoms with Gasteiger partial charge in [-0.25, -0.2) is 0 Å². The molecule has 1 fully saturated rings. The van der Waals surface area contributed by atoms with E-state index in [2.05, 4.69) is 0 Å². The maximum atomic E-state index is 12.0. The predicted molar refractivity (Wildman–Crippen MR) is 73.5 cm³/mol. The van der Waals surface area contributed by atoms with E-state index in [0.717, 1.165) is 6.42 Å². The molecule has 1 aromatic carbocycles. The second-order valence-electron chi connectivity index (χ2n) is 4.22. The van der Waals surface area contributed by atoms with Gasteiger partial charge in [0.1, 0.15) is 11.6 Å². The Labute approximate surface area is 113 Å². The summed E-state index contributed by atoms with van der Waals surface area (Å²) in [5, 5.41) is 10.1. The SMILES string of the molecule is CC.N[C@@]1(c2ccccc2Cl)CCC[C@H](O)C1=O. The summed E-state index contributed by atoms with van der Waals surface area (Å²) in [6.07, 6.45) is 0.791. The van der Waals surface area contributed by atoms with E-state index >= 15 is 0 Å². The van der Waals surface area contributed by atoms with E-state index < -0.39 is 11.6 Å². The third kappa shape index (κ3) is 2.74. The van der Waals surface area contributed by atoms with Gasteiger partial charge in [0.05, 0.1) is 0 Å². The zero-order valence-electron chi connectivity index (χ0n) is 10.8. The highest BCUT2D eigenvalue weighted by molar-refractivity contribution is 6.31. The third-order valence-corrected chi connectivity index (χ3v) is 3.48. The van der Waals surface area contributed by atoms with Gasteiger partial charge in [0.25, 0.3) is 0 Å². The molecule has 100 valence electrons. The first-order chi connectivity index (χ1) is 8.55. The minimum Gasteiger partial charge on any atom is -0.385 e. The summed E-state index contributed by atoms with van der Waals surface area (Å²) in [5.74, 6) is -0.327. The Balaban J connectivity index is 0.000000771. The third-order valence-electron chi connectivity index (χ3n) is 3.15. The molecule has 4 heteroatoms. The van der Waals surface area contributed by atoms with Crippen molar-refractivity contribution < 1.29 is 9.90 Å². The fourth-order valence-electron chi connectivity index (χ4n) is 2.22. The maximum absolute atomic E-state index is 12.0. The first-order valence-electron chi connectivity index (χ1n) is 6.32. The van der Waals surface area contributed by atoms with Gasteiger partial charge < -0.3 is 10.8 Å². The fourth-order valence-corrected chi connectivity index (χ4v) is 2.52. The van der Waals surface area contributed by atoms with E-state index in [1.54, 1.807) is 24.3 Å². The van der Waals surface area contributed by atoms with E-state index in [1.165, 1.54) is 0 Å². The minimum atomic E-state index is -1.13. The largest absolute Gasteiger partial charge is 0.385 e. The van der Waals surface area contributed by atoms with Crippen LogP contribution in [-0.4, -0.2) is 17.0 Å². The van der Waals surface area contributed by atoms with Crippen LogP contribution in [0.4, 0.5) is 0 Å². The van der Waals surface area contributed by atoms with Crippen LogP contribution >= 0.6 is 11.6 Å². The molecule has 1 aliphatic rings. The van der Waals surface area contributed by atoms with Gasteiger partial charge >= 0.3 is 0 Å². The zero-order chi connectivity index (χ0) is 13.8. The molecule has 0 amide bonds. The lowest BCUT2D eigenvalue weighted by Gasteiger charge is -2.35. The summed E-state index contributed by atoms with van der Waals surface area (Å²) in [7, 11) is 0. The number of ketones is 1. The summed E-state index contributed by atoms with van der Waals surface area (Å²) < 4.78 is 0. The monoisotopic (exact) mass is 269 g/mol. The number of hydrogen-bond acceptors (Lipinski definition) is 3. The van der Waals surface area contributed by atoms with Crippen molar-refractivity contribution in [3.63, 3.8) is 0 Å². The smallest absolute Gasteiger partial charge is 0.185 e. The number of nitrogens with two attached hydrogens (primary N) is 1. The van der Waals surface area contributed by atoms with Crippen LogP contribution in [0.15, 0.2) is 24.3 Å².